The molecule has 25 heavy (non-hydrogen) atoms. The number of methoxy groups -OCH3 is 1. The maximum atomic E-state index is 10.5. The van der Waals surface area contributed by atoms with Crippen molar-refractivity contribution in [1.29, 1.82) is 0 Å². The monoisotopic (exact) mass is 484 g/mol. The molecule has 0 bridgehead atoms. The number of aliphatic hydroxyl groups is 1. The Bertz CT molecular complexity index is 491. The fraction of sp³-hybridized carbons (Fsp3) is 0.895. The van der Waals surface area contributed by atoms with E-state index >= 15 is 0 Å². The Morgan fingerprint density at radius 3 is 2.20 bits per heavy atom. The highest BCUT2D eigenvalue weighted by Crippen LogP contribution is 2.52. The van der Waals surface area contributed by atoms with Gasteiger partial charge in [0.25, 0.3) is 0 Å². The van der Waals surface area contributed by atoms with E-state index in [-0.39, 0.29) is 23.4 Å². The highest BCUT2D eigenvalue weighted by atomic mass is 127. The first-order valence-corrected chi connectivity index (χ1v) is 13.0. The van der Waals surface area contributed by atoms with Gasteiger partial charge < -0.3 is 19.0 Å². The van der Waals surface area contributed by atoms with Gasteiger partial charge in [-0.1, -0.05) is 27.7 Å². The first kappa shape index (κ1) is 23.6. The minimum atomic E-state index is -1.86. The van der Waals surface area contributed by atoms with Gasteiger partial charge in [0.05, 0.1) is 18.3 Å². The van der Waals surface area contributed by atoms with E-state index in [0.29, 0.717) is 6.61 Å². The first-order valence-electron chi connectivity index (χ1n) is 9.03. The molecule has 0 fully saturated rings. The van der Waals surface area contributed by atoms with Gasteiger partial charge in [0.1, 0.15) is 6.79 Å². The summed E-state index contributed by atoms with van der Waals surface area (Å²) < 4.78 is 18.9. The molecule has 0 aromatic carbocycles. The summed E-state index contributed by atoms with van der Waals surface area (Å²) in [7, 11) is -0.210. The van der Waals surface area contributed by atoms with Gasteiger partial charge in [-0.2, -0.15) is 0 Å². The van der Waals surface area contributed by atoms with Gasteiger partial charge in [-0.05, 0) is 73.0 Å². The van der Waals surface area contributed by atoms with Crippen LogP contribution < -0.4 is 0 Å². The summed E-state index contributed by atoms with van der Waals surface area (Å²) >= 11 is 2.40. The lowest BCUT2D eigenvalue weighted by Crippen LogP contribution is -2.46. The average molecular weight is 484 g/mol. The third-order valence-electron chi connectivity index (χ3n) is 5.90. The molecule has 0 radical (unpaired) electrons. The summed E-state index contributed by atoms with van der Waals surface area (Å²) in [5, 5.41) is 10.7. The van der Waals surface area contributed by atoms with E-state index in [4.69, 9.17) is 13.9 Å². The summed E-state index contributed by atoms with van der Waals surface area (Å²) in [6.07, 6.45) is 1.76. The first-order chi connectivity index (χ1) is 11.2. The molecule has 0 saturated heterocycles. The van der Waals surface area contributed by atoms with Gasteiger partial charge in [0.2, 0.25) is 0 Å². The molecule has 0 unspecified atom stereocenters. The Hall–Kier alpha value is 0.527. The van der Waals surface area contributed by atoms with Crippen LogP contribution in [0.5, 0.6) is 0 Å². The molecule has 0 saturated carbocycles. The summed E-state index contributed by atoms with van der Waals surface area (Å²) in [6, 6.07) is 0. The zero-order valence-corrected chi connectivity index (χ0v) is 20.6. The van der Waals surface area contributed by atoms with Gasteiger partial charge in [-0.3, -0.25) is 0 Å². The SMILES string of the molecule is COCO[C@@H](CO[Si](C)(C)C(C)(C)C)[C@]1(C)CCC(C(C)(C)O)=C1I. The van der Waals surface area contributed by atoms with Crippen LogP contribution in [0.25, 0.3) is 0 Å². The highest BCUT2D eigenvalue weighted by molar-refractivity contribution is 14.1. The third kappa shape index (κ3) is 5.51. The van der Waals surface area contributed by atoms with Crippen LogP contribution in [0.3, 0.4) is 0 Å². The molecule has 0 spiro atoms. The van der Waals surface area contributed by atoms with E-state index in [1.807, 2.05) is 13.8 Å². The van der Waals surface area contributed by atoms with Crippen molar-refractivity contribution in [2.75, 3.05) is 20.5 Å². The molecule has 6 heteroatoms. The smallest absolute Gasteiger partial charge is 0.192 e. The van der Waals surface area contributed by atoms with Crippen molar-refractivity contribution < 1.29 is 19.0 Å². The molecular weight excluding hydrogens is 447 g/mol. The standard InChI is InChI=1S/C19H37IO4Si/c1-17(2,3)25(8,9)24-12-15(23-13-22-7)19(6)11-10-14(16(19)20)18(4,5)21/h15,21H,10-13H2,1-9H3/t15-,19-/m0/s1. The van der Waals surface area contributed by atoms with E-state index in [1.54, 1.807) is 7.11 Å². The van der Waals surface area contributed by atoms with E-state index in [1.165, 1.54) is 3.58 Å². The number of hydrogen-bond donors (Lipinski definition) is 1. The van der Waals surface area contributed by atoms with Crippen LogP contribution in [-0.4, -0.2) is 45.6 Å². The number of hydrogen-bond acceptors (Lipinski definition) is 4. The Labute approximate surface area is 169 Å². The second-order valence-electron chi connectivity index (χ2n) is 9.40. The van der Waals surface area contributed by atoms with Crippen molar-refractivity contribution in [2.24, 2.45) is 5.41 Å². The van der Waals surface area contributed by atoms with Gasteiger partial charge in [-0.15, -0.1) is 0 Å². The third-order valence-corrected chi connectivity index (χ3v) is 12.3. The summed E-state index contributed by atoms with van der Waals surface area (Å²) in [5.74, 6) is 0. The number of ether oxygens (including phenoxy) is 2. The van der Waals surface area contributed by atoms with E-state index in [9.17, 15) is 5.11 Å². The summed E-state index contributed by atoms with van der Waals surface area (Å²) in [5.41, 5.74) is 0.172. The predicted molar refractivity (Wildman–Crippen MR) is 115 cm³/mol. The molecule has 1 rings (SSSR count). The molecular formula is C19H37IO4Si. The summed E-state index contributed by atoms with van der Waals surface area (Å²) in [6.45, 7) is 18.0. The van der Waals surface area contributed by atoms with Crippen molar-refractivity contribution in [2.45, 2.75) is 84.2 Å². The molecule has 0 aromatic rings. The van der Waals surface area contributed by atoms with Crippen LogP contribution in [-0.2, 0) is 13.9 Å². The van der Waals surface area contributed by atoms with Crippen LogP contribution >= 0.6 is 22.6 Å². The molecule has 0 amide bonds. The molecule has 0 heterocycles. The topological polar surface area (TPSA) is 47.9 Å². The molecule has 0 aromatic heterocycles. The molecule has 4 nitrogen and oxygen atoms in total. The van der Waals surface area contributed by atoms with Crippen LogP contribution in [0.2, 0.25) is 18.1 Å². The normalized spacial score (nSPS) is 24.1. The van der Waals surface area contributed by atoms with Gasteiger partial charge in [0, 0.05) is 16.1 Å². The van der Waals surface area contributed by atoms with Crippen molar-refractivity contribution in [3.63, 3.8) is 0 Å². The van der Waals surface area contributed by atoms with E-state index < -0.39 is 13.9 Å². The van der Waals surface area contributed by atoms with Crippen LogP contribution in [0, 0.1) is 5.41 Å². The van der Waals surface area contributed by atoms with Crippen molar-refractivity contribution >= 4 is 30.9 Å². The zero-order chi connectivity index (χ0) is 19.7. The van der Waals surface area contributed by atoms with E-state index in [0.717, 1.165) is 18.4 Å². The fourth-order valence-electron chi connectivity index (χ4n) is 2.89. The lowest BCUT2D eigenvalue weighted by molar-refractivity contribution is -0.118. The van der Waals surface area contributed by atoms with Crippen LogP contribution in [0.15, 0.2) is 9.15 Å². The number of rotatable bonds is 8. The predicted octanol–water partition coefficient (Wildman–Crippen LogP) is 5.26. The second-order valence-corrected chi connectivity index (χ2v) is 15.3. The Morgan fingerprint density at radius 2 is 1.80 bits per heavy atom. The lowest BCUT2D eigenvalue weighted by Gasteiger charge is -2.40. The Morgan fingerprint density at radius 1 is 1.24 bits per heavy atom. The van der Waals surface area contributed by atoms with Crippen LogP contribution in [0.4, 0.5) is 0 Å². The lowest BCUT2D eigenvalue weighted by atomic mass is 9.84. The Kier molecular flexibility index (Phi) is 7.79. The average Bonchev–Trinajstić information content (AvgIpc) is 2.74. The fourth-order valence-corrected chi connectivity index (χ4v) is 5.44. The van der Waals surface area contributed by atoms with Crippen LogP contribution in [0.1, 0.15) is 54.4 Å². The minimum Gasteiger partial charge on any atom is -0.414 e. The number of halogens is 1. The quantitative estimate of drug-likeness (QED) is 0.290. The molecule has 1 aliphatic rings. The van der Waals surface area contributed by atoms with Gasteiger partial charge in [0.15, 0.2) is 8.32 Å². The molecule has 148 valence electrons. The maximum Gasteiger partial charge on any atom is 0.192 e. The molecule has 1 aliphatic carbocycles. The molecule has 2 atom stereocenters. The van der Waals surface area contributed by atoms with Crippen molar-refractivity contribution in [3.8, 4) is 0 Å². The highest BCUT2D eigenvalue weighted by Gasteiger charge is 2.47. The van der Waals surface area contributed by atoms with Crippen molar-refractivity contribution in [3.05, 3.63) is 9.15 Å². The van der Waals surface area contributed by atoms with Gasteiger partial charge in [-0.25, -0.2) is 0 Å². The summed E-state index contributed by atoms with van der Waals surface area (Å²) in [4.78, 5) is 0. The second kappa shape index (κ2) is 8.27. The van der Waals surface area contributed by atoms with Gasteiger partial charge >= 0.3 is 0 Å². The largest absolute Gasteiger partial charge is 0.414 e. The van der Waals surface area contributed by atoms with Crippen molar-refractivity contribution in [1.82, 2.24) is 0 Å². The molecule has 0 aliphatic heterocycles. The molecule has 1 N–H and O–H groups in total. The zero-order valence-electron chi connectivity index (χ0n) is 17.5. The van der Waals surface area contributed by atoms with E-state index in [2.05, 4.69) is 63.4 Å². The minimum absolute atomic E-state index is 0.0895. The Balaban J connectivity index is 3.05. The maximum absolute atomic E-state index is 10.5.